The Morgan fingerprint density at radius 3 is 2.35 bits per heavy atom. The lowest BCUT2D eigenvalue weighted by atomic mass is 10.2. The van der Waals surface area contributed by atoms with Crippen LogP contribution in [0, 0.1) is 0 Å². The highest BCUT2D eigenvalue weighted by atomic mass is 79.9. The zero-order valence-corrected chi connectivity index (χ0v) is 12.1. The van der Waals surface area contributed by atoms with E-state index in [0.29, 0.717) is 5.84 Å². The third kappa shape index (κ3) is 4.88. The van der Waals surface area contributed by atoms with Gasteiger partial charge in [0.2, 0.25) is 0 Å². The zero-order valence-electron chi connectivity index (χ0n) is 10.5. The van der Waals surface area contributed by atoms with E-state index >= 15 is 0 Å². The number of nitrogens with zero attached hydrogens (tertiary/aromatic N) is 2. The van der Waals surface area contributed by atoms with Crippen molar-refractivity contribution in [3.05, 3.63) is 34.3 Å². The van der Waals surface area contributed by atoms with Crippen LogP contribution < -0.4 is 5.73 Å². The van der Waals surface area contributed by atoms with Crippen molar-refractivity contribution < 1.29 is 0 Å². The molecule has 2 N–H and O–H groups in total. The first kappa shape index (κ1) is 14.2. The summed E-state index contributed by atoms with van der Waals surface area (Å²) in [6, 6.07) is 7.89. The second-order valence-electron chi connectivity index (χ2n) is 3.80. The molecule has 0 aliphatic rings. The number of halogens is 1. The lowest BCUT2D eigenvalue weighted by molar-refractivity contribution is 0.313. The van der Waals surface area contributed by atoms with Crippen molar-refractivity contribution in [1.82, 2.24) is 4.90 Å². The Balaban J connectivity index is 2.52. The van der Waals surface area contributed by atoms with Gasteiger partial charge in [-0.2, -0.15) is 0 Å². The topological polar surface area (TPSA) is 41.6 Å². The molecule has 0 amide bonds. The highest BCUT2D eigenvalue weighted by Crippen LogP contribution is 2.10. The standard InChI is InChI=1S/C13H20BrN3/c1-3-17(4-2)10-9-16-13(15)11-5-7-12(14)8-6-11/h5-8H,3-4,9-10H2,1-2H3,(H2,15,16). The Morgan fingerprint density at radius 1 is 1.24 bits per heavy atom. The Bertz CT molecular complexity index is 355. The van der Waals surface area contributed by atoms with E-state index in [0.717, 1.165) is 36.2 Å². The summed E-state index contributed by atoms with van der Waals surface area (Å²) in [4.78, 5) is 6.73. The molecule has 1 aromatic carbocycles. The third-order valence-corrected chi connectivity index (χ3v) is 3.26. The molecule has 94 valence electrons. The molecule has 4 heteroatoms. The van der Waals surface area contributed by atoms with E-state index in [2.05, 4.69) is 39.7 Å². The van der Waals surface area contributed by atoms with Crippen LogP contribution in [-0.2, 0) is 0 Å². The summed E-state index contributed by atoms with van der Waals surface area (Å²) in [5.41, 5.74) is 6.91. The van der Waals surface area contributed by atoms with Crippen molar-refractivity contribution >= 4 is 21.8 Å². The minimum absolute atomic E-state index is 0.615. The summed E-state index contributed by atoms with van der Waals surface area (Å²) in [7, 11) is 0. The van der Waals surface area contributed by atoms with Crippen LogP contribution in [-0.4, -0.2) is 36.9 Å². The summed E-state index contributed by atoms with van der Waals surface area (Å²) < 4.78 is 1.05. The third-order valence-electron chi connectivity index (χ3n) is 2.73. The van der Waals surface area contributed by atoms with Crippen LogP contribution in [0.2, 0.25) is 0 Å². The van der Waals surface area contributed by atoms with Crippen LogP contribution in [0.1, 0.15) is 19.4 Å². The van der Waals surface area contributed by atoms with Gasteiger partial charge in [-0.15, -0.1) is 0 Å². The van der Waals surface area contributed by atoms with Gasteiger partial charge in [-0.1, -0.05) is 41.9 Å². The van der Waals surface area contributed by atoms with E-state index in [1.54, 1.807) is 0 Å². The average Bonchev–Trinajstić information content (AvgIpc) is 2.35. The largest absolute Gasteiger partial charge is 0.384 e. The predicted octanol–water partition coefficient (Wildman–Crippen LogP) is 2.50. The minimum atomic E-state index is 0.615. The highest BCUT2D eigenvalue weighted by Gasteiger charge is 1.99. The Kier molecular flexibility index (Phi) is 6.22. The number of likely N-dealkylation sites (N-methyl/N-ethyl adjacent to an activating group) is 1. The van der Waals surface area contributed by atoms with Gasteiger partial charge in [0.25, 0.3) is 0 Å². The normalized spacial score (nSPS) is 12.1. The van der Waals surface area contributed by atoms with Gasteiger partial charge in [0.05, 0.1) is 6.54 Å². The number of nitrogens with two attached hydrogens (primary N) is 1. The number of benzene rings is 1. The first-order valence-corrected chi connectivity index (χ1v) is 6.74. The summed E-state index contributed by atoms with van der Waals surface area (Å²) in [5, 5.41) is 0. The molecule has 0 spiro atoms. The molecule has 0 saturated heterocycles. The van der Waals surface area contributed by atoms with E-state index in [-0.39, 0.29) is 0 Å². The van der Waals surface area contributed by atoms with E-state index in [1.807, 2.05) is 24.3 Å². The summed E-state index contributed by atoms with van der Waals surface area (Å²) in [5.74, 6) is 0.615. The Morgan fingerprint density at radius 2 is 1.82 bits per heavy atom. The van der Waals surface area contributed by atoms with Crippen LogP contribution in [0.15, 0.2) is 33.7 Å². The van der Waals surface area contributed by atoms with E-state index in [4.69, 9.17) is 5.73 Å². The molecule has 3 nitrogen and oxygen atoms in total. The lowest BCUT2D eigenvalue weighted by Gasteiger charge is -2.16. The van der Waals surface area contributed by atoms with Crippen molar-refractivity contribution in [2.24, 2.45) is 10.7 Å². The Hall–Kier alpha value is -0.870. The van der Waals surface area contributed by atoms with Gasteiger partial charge in [0, 0.05) is 16.6 Å². The van der Waals surface area contributed by atoms with Crippen LogP contribution in [0.25, 0.3) is 0 Å². The SMILES string of the molecule is CCN(CC)CCN=C(N)c1ccc(Br)cc1. The first-order chi connectivity index (χ1) is 8.17. The van der Waals surface area contributed by atoms with Gasteiger partial charge in [0.15, 0.2) is 0 Å². The lowest BCUT2D eigenvalue weighted by Crippen LogP contribution is -2.26. The molecule has 0 fully saturated rings. The molecule has 0 aliphatic carbocycles. The summed E-state index contributed by atoms with van der Waals surface area (Å²) in [6.07, 6.45) is 0. The van der Waals surface area contributed by atoms with Gasteiger partial charge in [0.1, 0.15) is 5.84 Å². The fraction of sp³-hybridized carbons (Fsp3) is 0.462. The molecular formula is C13H20BrN3. The molecule has 0 atom stereocenters. The summed E-state index contributed by atoms with van der Waals surface area (Å²) in [6.45, 7) is 8.15. The van der Waals surface area contributed by atoms with Crippen molar-refractivity contribution in [2.45, 2.75) is 13.8 Å². The average molecular weight is 298 g/mol. The van der Waals surface area contributed by atoms with Crippen LogP contribution in [0.3, 0.4) is 0 Å². The molecule has 0 aromatic heterocycles. The van der Waals surface area contributed by atoms with E-state index in [1.165, 1.54) is 0 Å². The minimum Gasteiger partial charge on any atom is -0.384 e. The number of aliphatic imine (C=N–C) groups is 1. The molecule has 0 radical (unpaired) electrons. The smallest absolute Gasteiger partial charge is 0.125 e. The van der Waals surface area contributed by atoms with Gasteiger partial charge in [-0.25, -0.2) is 0 Å². The van der Waals surface area contributed by atoms with Crippen LogP contribution >= 0.6 is 15.9 Å². The zero-order chi connectivity index (χ0) is 12.7. The molecule has 0 unspecified atom stereocenters. The molecule has 1 aromatic rings. The van der Waals surface area contributed by atoms with Crippen molar-refractivity contribution in [3.63, 3.8) is 0 Å². The summed E-state index contributed by atoms with van der Waals surface area (Å²) >= 11 is 3.40. The maximum absolute atomic E-state index is 5.93. The van der Waals surface area contributed by atoms with Gasteiger partial charge >= 0.3 is 0 Å². The van der Waals surface area contributed by atoms with Gasteiger partial charge in [-0.3, -0.25) is 4.99 Å². The van der Waals surface area contributed by atoms with E-state index < -0.39 is 0 Å². The monoisotopic (exact) mass is 297 g/mol. The molecule has 0 aliphatic heterocycles. The number of hydrogen-bond acceptors (Lipinski definition) is 2. The van der Waals surface area contributed by atoms with Crippen LogP contribution in [0.5, 0.6) is 0 Å². The molecule has 0 bridgehead atoms. The van der Waals surface area contributed by atoms with Crippen molar-refractivity contribution in [3.8, 4) is 0 Å². The Labute approximate surface area is 112 Å². The first-order valence-electron chi connectivity index (χ1n) is 5.95. The fourth-order valence-corrected chi connectivity index (χ4v) is 1.83. The van der Waals surface area contributed by atoms with E-state index in [9.17, 15) is 0 Å². The maximum atomic E-state index is 5.93. The quantitative estimate of drug-likeness (QED) is 0.647. The van der Waals surface area contributed by atoms with Gasteiger partial charge < -0.3 is 10.6 Å². The van der Waals surface area contributed by atoms with Crippen LogP contribution in [0.4, 0.5) is 0 Å². The predicted molar refractivity (Wildman–Crippen MR) is 77.5 cm³/mol. The molecule has 0 saturated carbocycles. The second-order valence-corrected chi connectivity index (χ2v) is 4.72. The number of amidine groups is 1. The molecule has 17 heavy (non-hydrogen) atoms. The van der Waals surface area contributed by atoms with Crippen molar-refractivity contribution in [1.29, 1.82) is 0 Å². The number of hydrogen-bond donors (Lipinski definition) is 1. The fourth-order valence-electron chi connectivity index (χ4n) is 1.56. The van der Waals surface area contributed by atoms with Crippen molar-refractivity contribution in [2.75, 3.05) is 26.2 Å². The second kappa shape index (κ2) is 7.45. The maximum Gasteiger partial charge on any atom is 0.125 e. The molecule has 0 heterocycles. The highest BCUT2D eigenvalue weighted by molar-refractivity contribution is 9.10. The number of rotatable bonds is 6. The molecular weight excluding hydrogens is 278 g/mol. The van der Waals surface area contributed by atoms with Gasteiger partial charge in [-0.05, 0) is 25.2 Å². The molecule has 1 rings (SSSR count).